The molecular weight excluding hydrogens is 438 g/mol. The zero-order valence-corrected chi connectivity index (χ0v) is 19.0. The number of hydrogen-bond donors (Lipinski definition) is 2. The van der Waals surface area contributed by atoms with Crippen LogP contribution in [0.25, 0.3) is 0 Å². The molecule has 0 amide bonds. The quantitative estimate of drug-likeness (QED) is 0.701. The number of likely N-dealkylation sites (tertiary alicyclic amines) is 1. The van der Waals surface area contributed by atoms with E-state index in [9.17, 15) is 14.4 Å². The Morgan fingerprint density at radius 1 is 1.09 bits per heavy atom. The highest BCUT2D eigenvalue weighted by Gasteiger charge is 2.69. The number of carboxylic acids is 2. The fourth-order valence-electron chi connectivity index (χ4n) is 6.59. The monoisotopic (exact) mass is 465 g/mol. The van der Waals surface area contributed by atoms with E-state index in [4.69, 9.17) is 19.7 Å². The average molecular weight is 466 g/mol. The third kappa shape index (κ3) is 3.20. The van der Waals surface area contributed by atoms with Crippen molar-refractivity contribution in [3.8, 4) is 0 Å². The summed E-state index contributed by atoms with van der Waals surface area (Å²) in [6, 6.07) is 5.54. The Balaban J connectivity index is 0.000000172. The van der Waals surface area contributed by atoms with Gasteiger partial charge in [0.05, 0.1) is 18.2 Å². The highest BCUT2D eigenvalue weighted by Crippen LogP contribution is 2.66. The number of benzene rings is 1. The summed E-state index contributed by atoms with van der Waals surface area (Å²) in [5.74, 6) is 0.941. The number of ether oxygens (including phenoxy) is 2. The minimum absolute atomic E-state index is 0.0597. The Labute approximate surface area is 197 Å². The predicted molar refractivity (Wildman–Crippen MR) is 121 cm³/mol. The van der Waals surface area contributed by atoms with Crippen molar-refractivity contribution in [3.63, 3.8) is 0 Å². The highest BCUT2D eigenvalue weighted by atomic mass is 16.5. The van der Waals surface area contributed by atoms with E-state index in [1.807, 2.05) is 6.08 Å². The third-order valence-corrected chi connectivity index (χ3v) is 8.10. The molecule has 5 aliphatic rings. The van der Waals surface area contributed by atoms with Gasteiger partial charge in [0, 0.05) is 23.3 Å². The number of rotatable bonds is 3. The van der Waals surface area contributed by atoms with Gasteiger partial charge in [0.15, 0.2) is 17.6 Å². The highest BCUT2D eigenvalue weighted by molar-refractivity contribution is 5.96. The van der Waals surface area contributed by atoms with Gasteiger partial charge in [-0.2, -0.15) is 0 Å². The SMILES string of the molecule is COC1=C2O[C@H]3C(=O)C=C[C@H]4[C@H]5CC(C=C1)C2[C@@]34CCN5C.O=C(O)c1ccc(C(=O)O)cc1. The predicted octanol–water partition coefficient (Wildman–Crippen LogP) is 2.98. The van der Waals surface area contributed by atoms with Crippen molar-refractivity contribution in [1.82, 2.24) is 4.90 Å². The lowest BCUT2D eigenvalue weighted by Gasteiger charge is -2.59. The third-order valence-electron chi connectivity index (χ3n) is 8.10. The first-order valence-corrected chi connectivity index (χ1v) is 11.4. The number of carbonyl (C=O) groups excluding carboxylic acids is 1. The molecule has 8 heteroatoms. The fourth-order valence-corrected chi connectivity index (χ4v) is 6.59. The van der Waals surface area contributed by atoms with Gasteiger partial charge in [-0.3, -0.25) is 4.79 Å². The minimum Gasteiger partial charge on any atom is -0.493 e. The van der Waals surface area contributed by atoms with Crippen LogP contribution >= 0.6 is 0 Å². The number of carboxylic acid groups (broad SMARTS) is 2. The van der Waals surface area contributed by atoms with Crippen molar-refractivity contribution >= 4 is 17.7 Å². The second kappa shape index (κ2) is 8.13. The van der Waals surface area contributed by atoms with Gasteiger partial charge >= 0.3 is 11.9 Å². The van der Waals surface area contributed by atoms with E-state index in [0.717, 1.165) is 30.9 Å². The number of methoxy groups -OCH3 is 1. The van der Waals surface area contributed by atoms with Crippen molar-refractivity contribution in [2.24, 2.45) is 23.2 Å². The molecule has 1 spiro atoms. The van der Waals surface area contributed by atoms with Crippen LogP contribution in [-0.2, 0) is 14.3 Å². The normalized spacial score (nSPS) is 34.5. The zero-order chi connectivity index (χ0) is 24.2. The van der Waals surface area contributed by atoms with Gasteiger partial charge in [0.2, 0.25) is 0 Å². The summed E-state index contributed by atoms with van der Waals surface area (Å²) < 4.78 is 11.8. The van der Waals surface area contributed by atoms with Crippen LogP contribution < -0.4 is 0 Å². The van der Waals surface area contributed by atoms with Crippen molar-refractivity contribution < 1.29 is 34.1 Å². The molecule has 1 aromatic rings. The van der Waals surface area contributed by atoms with E-state index in [1.54, 1.807) is 13.2 Å². The molecule has 2 unspecified atom stereocenters. The lowest BCUT2D eigenvalue weighted by molar-refractivity contribution is -0.140. The van der Waals surface area contributed by atoms with Crippen molar-refractivity contribution in [3.05, 3.63) is 71.2 Å². The number of allylic oxidation sites excluding steroid dienone is 3. The van der Waals surface area contributed by atoms with Gasteiger partial charge in [0.25, 0.3) is 0 Å². The first-order chi connectivity index (χ1) is 16.3. The molecule has 2 N–H and O–H groups in total. The van der Waals surface area contributed by atoms with Gasteiger partial charge in [-0.25, -0.2) is 9.59 Å². The Kier molecular flexibility index (Phi) is 5.36. The van der Waals surface area contributed by atoms with Crippen LogP contribution in [0.4, 0.5) is 0 Å². The first-order valence-electron chi connectivity index (χ1n) is 11.4. The molecule has 0 radical (unpaired) electrons. The second-order valence-electron chi connectivity index (χ2n) is 9.55. The molecule has 3 fully saturated rings. The van der Waals surface area contributed by atoms with Gasteiger partial charge in [-0.1, -0.05) is 12.2 Å². The Morgan fingerprint density at radius 2 is 1.74 bits per heavy atom. The van der Waals surface area contributed by atoms with Crippen molar-refractivity contribution in [2.75, 3.05) is 20.7 Å². The van der Waals surface area contributed by atoms with Gasteiger partial charge in [-0.15, -0.1) is 0 Å². The van der Waals surface area contributed by atoms with E-state index in [0.29, 0.717) is 23.8 Å². The molecule has 3 aliphatic carbocycles. The molecule has 8 nitrogen and oxygen atoms in total. The number of ketones is 1. The van der Waals surface area contributed by atoms with Gasteiger partial charge in [-0.05, 0) is 68.8 Å². The Hall–Kier alpha value is -3.39. The molecule has 2 bridgehead atoms. The molecule has 6 rings (SSSR count). The maximum atomic E-state index is 12.6. The molecular formula is C26H27NO7. The van der Waals surface area contributed by atoms with Gasteiger partial charge in [0.1, 0.15) is 5.76 Å². The van der Waals surface area contributed by atoms with Crippen LogP contribution in [-0.4, -0.2) is 65.7 Å². The maximum Gasteiger partial charge on any atom is 0.335 e. The van der Waals surface area contributed by atoms with E-state index >= 15 is 0 Å². The topological polar surface area (TPSA) is 113 Å². The molecule has 1 saturated carbocycles. The van der Waals surface area contributed by atoms with E-state index in [-0.39, 0.29) is 28.4 Å². The standard InChI is InChI=1S/C18H21NO3.C8H6O4/c1-19-8-7-18-11-4-5-13(20)17(18)22-16-14(21-2)6-3-10(15(16)18)9-12(11)19;9-7(10)5-1-2-6(4-3-5)8(11)12/h3-6,10-12,15,17H,7-9H2,1-2H3;1-4H,(H,9,10)(H,11,12)/t10?,11-,12+,15?,17-,18-;/m0./s1. The van der Waals surface area contributed by atoms with Crippen molar-refractivity contribution in [1.29, 1.82) is 0 Å². The van der Waals surface area contributed by atoms with E-state index in [2.05, 4.69) is 24.1 Å². The lowest BCUT2D eigenvalue weighted by atomic mass is 9.48. The number of carbonyl (C=O) groups is 3. The molecule has 1 aromatic carbocycles. The van der Waals surface area contributed by atoms with Crippen LogP contribution in [0.5, 0.6) is 0 Å². The molecule has 178 valence electrons. The summed E-state index contributed by atoms with van der Waals surface area (Å²) in [5.41, 5.74) is 0.107. The van der Waals surface area contributed by atoms with Crippen LogP contribution in [0.1, 0.15) is 33.6 Å². The van der Waals surface area contributed by atoms with Crippen LogP contribution in [0, 0.1) is 23.2 Å². The molecule has 2 aliphatic heterocycles. The lowest BCUT2D eigenvalue weighted by Crippen LogP contribution is -2.64. The fraction of sp³-hybridized carbons (Fsp3) is 0.423. The largest absolute Gasteiger partial charge is 0.493 e. The number of nitrogens with zero attached hydrogens (tertiary/aromatic N) is 1. The molecule has 2 heterocycles. The van der Waals surface area contributed by atoms with E-state index < -0.39 is 11.9 Å². The van der Waals surface area contributed by atoms with Crippen LogP contribution in [0.3, 0.4) is 0 Å². The second-order valence-corrected chi connectivity index (χ2v) is 9.55. The summed E-state index contributed by atoms with van der Waals surface area (Å²) in [5, 5.41) is 16.9. The average Bonchev–Trinajstić information content (AvgIpc) is 3.18. The number of aromatic carboxylic acids is 2. The summed E-state index contributed by atoms with van der Waals surface area (Å²) in [6.45, 7) is 1.05. The van der Waals surface area contributed by atoms with Crippen LogP contribution in [0.2, 0.25) is 0 Å². The molecule has 34 heavy (non-hydrogen) atoms. The smallest absolute Gasteiger partial charge is 0.335 e. The summed E-state index contributed by atoms with van der Waals surface area (Å²) in [6.07, 6.45) is 10.1. The van der Waals surface area contributed by atoms with Crippen molar-refractivity contribution in [2.45, 2.75) is 25.0 Å². The minimum atomic E-state index is -1.06. The molecule has 0 aromatic heterocycles. The van der Waals surface area contributed by atoms with Crippen LogP contribution in [0.15, 0.2) is 60.1 Å². The van der Waals surface area contributed by atoms with Gasteiger partial charge < -0.3 is 24.6 Å². The Bertz CT molecular complexity index is 1100. The summed E-state index contributed by atoms with van der Waals surface area (Å²) in [4.78, 5) is 35.7. The summed E-state index contributed by atoms with van der Waals surface area (Å²) in [7, 11) is 3.91. The molecule has 6 atom stereocenters. The number of hydrogen-bond acceptors (Lipinski definition) is 6. The number of piperidine rings is 1. The van der Waals surface area contributed by atoms with E-state index in [1.165, 1.54) is 24.3 Å². The Morgan fingerprint density at radius 3 is 2.32 bits per heavy atom. The molecule has 2 saturated heterocycles. The summed E-state index contributed by atoms with van der Waals surface area (Å²) >= 11 is 0. The maximum absolute atomic E-state index is 12.6. The first kappa shape index (κ1) is 22.4. The zero-order valence-electron chi connectivity index (χ0n) is 19.0.